The van der Waals surface area contributed by atoms with Crippen LogP contribution in [-0.2, 0) is 4.79 Å². The summed E-state index contributed by atoms with van der Waals surface area (Å²) in [6.07, 6.45) is 4.43. The second-order valence-electron chi connectivity index (χ2n) is 4.85. The van der Waals surface area contributed by atoms with E-state index in [0.717, 1.165) is 10.0 Å². The molecular formula is C14H18BrNO. The molecule has 3 heteroatoms. The van der Waals surface area contributed by atoms with Crippen molar-refractivity contribution in [2.75, 3.05) is 0 Å². The quantitative estimate of drug-likeness (QED) is 0.899. The molecule has 0 heterocycles. The van der Waals surface area contributed by atoms with E-state index in [1.54, 1.807) is 0 Å². The van der Waals surface area contributed by atoms with Gasteiger partial charge in [-0.1, -0.05) is 34.5 Å². The van der Waals surface area contributed by atoms with Gasteiger partial charge in [0.25, 0.3) is 0 Å². The number of carbonyl (C=O) groups is 1. The van der Waals surface area contributed by atoms with Crippen molar-refractivity contribution in [1.82, 2.24) is 5.32 Å². The van der Waals surface area contributed by atoms with Crippen LogP contribution in [0.15, 0.2) is 28.7 Å². The molecular weight excluding hydrogens is 278 g/mol. The maximum absolute atomic E-state index is 11.8. The van der Waals surface area contributed by atoms with Gasteiger partial charge < -0.3 is 5.32 Å². The SMILES string of the molecule is CC(NC(=O)CC1CCC1)c1cccc(Br)c1. The van der Waals surface area contributed by atoms with E-state index in [9.17, 15) is 4.79 Å². The van der Waals surface area contributed by atoms with Gasteiger partial charge in [0.2, 0.25) is 5.91 Å². The highest BCUT2D eigenvalue weighted by Crippen LogP contribution is 2.29. The van der Waals surface area contributed by atoms with Crippen LogP contribution < -0.4 is 5.32 Å². The van der Waals surface area contributed by atoms with Crippen LogP contribution in [0, 0.1) is 5.92 Å². The smallest absolute Gasteiger partial charge is 0.220 e. The first-order valence-corrected chi connectivity index (χ1v) is 6.99. The molecule has 1 aliphatic carbocycles. The van der Waals surface area contributed by atoms with Crippen molar-refractivity contribution in [3.63, 3.8) is 0 Å². The summed E-state index contributed by atoms with van der Waals surface area (Å²) in [6, 6.07) is 8.16. The average Bonchev–Trinajstić information content (AvgIpc) is 2.23. The molecule has 17 heavy (non-hydrogen) atoms. The number of nitrogens with one attached hydrogen (secondary N) is 1. The molecule has 1 N–H and O–H groups in total. The Morgan fingerprint density at radius 2 is 2.29 bits per heavy atom. The zero-order valence-electron chi connectivity index (χ0n) is 10.1. The van der Waals surface area contributed by atoms with Crippen LogP contribution in [0.1, 0.15) is 44.2 Å². The minimum absolute atomic E-state index is 0.0834. The standard InChI is InChI=1S/C14H18BrNO/c1-10(12-6-3-7-13(15)9-12)16-14(17)8-11-4-2-5-11/h3,6-7,9-11H,2,4-5,8H2,1H3,(H,16,17). The molecule has 1 aromatic carbocycles. The highest BCUT2D eigenvalue weighted by Gasteiger charge is 2.21. The monoisotopic (exact) mass is 295 g/mol. The predicted octanol–water partition coefficient (Wildman–Crippen LogP) is 3.82. The molecule has 0 bridgehead atoms. The first-order chi connectivity index (χ1) is 8.15. The van der Waals surface area contributed by atoms with Crippen LogP contribution in [-0.4, -0.2) is 5.91 Å². The van der Waals surface area contributed by atoms with Crippen LogP contribution >= 0.6 is 15.9 Å². The van der Waals surface area contributed by atoms with Gasteiger partial charge >= 0.3 is 0 Å². The van der Waals surface area contributed by atoms with Gasteiger partial charge in [0.15, 0.2) is 0 Å². The summed E-state index contributed by atoms with van der Waals surface area (Å²) in [5, 5.41) is 3.06. The van der Waals surface area contributed by atoms with Gasteiger partial charge in [0.1, 0.15) is 0 Å². The molecule has 0 radical (unpaired) electrons. The molecule has 92 valence electrons. The Hall–Kier alpha value is -0.830. The summed E-state index contributed by atoms with van der Waals surface area (Å²) < 4.78 is 1.05. The van der Waals surface area contributed by atoms with E-state index in [1.807, 2.05) is 31.2 Å². The van der Waals surface area contributed by atoms with Gasteiger partial charge in [-0.3, -0.25) is 4.79 Å². The summed E-state index contributed by atoms with van der Waals surface area (Å²) in [5.74, 6) is 0.812. The predicted molar refractivity (Wildman–Crippen MR) is 72.7 cm³/mol. The molecule has 0 aromatic heterocycles. The van der Waals surface area contributed by atoms with E-state index in [0.29, 0.717) is 12.3 Å². The fourth-order valence-corrected chi connectivity index (χ4v) is 2.54. The van der Waals surface area contributed by atoms with Gasteiger partial charge in [0, 0.05) is 10.9 Å². The topological polar surface area (TPSA) is 29.1 Å². The number of hydrogen-bond acceptors (Lipinski definition) is 1. The number of halogens is 1. The maximum atomic E-state index is 11.8. The zero-order valence-corrected chi connectivity index (χ0v) is 11.7. The Morgan fingerprint density at radius 1 is 1.53 bits per heavy atom. The average molecular weight is 296 g/mol. The number of benzene rings is 1. The van der Waals surface area contributed by atoms with E-state index < -0.39 is 0 Å². The van der Waals surface area contributed by atoms with Gasteiger partial charge in [-0.05, 0) is 43.4 Å². The molecule has 0 aliphatic heterocycles. The number of amides is 1. The van der Waals surface area contributed by atoms with Crippen LogP contribution in [0.4, 0.5) is 0 Å². The summed E-state index contributed by atoms with van der Waals surface area (Å²) >= 11 is 3.44. The molecule has 1 saturated carbocycles. The lowest BCUT2D eigenvalue weighted by molar-refractivity contribution is -0.123. The highest BCUT2D eigenvalue weighted by atomic mass is 79.9. The second kappa shape index (κ2) is 5.67. The van der Waals surface area contributed by atoms with Crippen molar-refractivity contribution in [1.29, 1.82) is 0 Å². The van der Waals surface area contributed by atoms with Crippen LogP contribution in [0.5, 0.6) is 0 Å². The number of hydrogen-bond donors (Lipinski definition) is 1. The molecule has 0 spiro atoms. The van der Waals surface area contributed by atoms with E-state index in [1.165, 1.54) is 19.3 Å². The molecule has 2 nitrogen and oxygen atoms in total. The van der Waals surface area contributed by atoms with Gasteiger partial charge in [-0.25, -0.2) is 0 Å². The molecule has 1 aromatic rings. The van der Waals surface area contributed by atoms with E-state index in [-0.39, 0.29) is 11.9 Å². The third-order valence-corrected chi connectivity index (χ3v) is 3.92. The van der Waals surface area contributed by atoms with Crippen LogP contribution in [0.2, 0.25) is 0 Å². The van der Waals surface area contributed by atoms with Crippen molar-refractivity contribution in [2.45, 2.75) is 38.6 Å². The normalized spacial score (nSPS) is 17.3. The van der Waals surface area contributed by atoms with E-state index >= 15 is 0 Å². The maximum Gasteiger partial charge on any atom is 0.220 e. The number of carbonyl (C=O) groups excluding carboxylic acids is 1. The largest absolute Gasteiger partial charge is 0.350 e. The lowest BCUT2D eigenvalue weighted by Crippen LogP contribution is -2.29. The van der Waals surface area contributed by atoms with Crippen molar-refractivity contribution in [3.05, 3.63) is 34.3 Å². The van der Waals surface area contributed by atoms with E-state index in [2.05, 4.69) is 21.2 Å². The zero-order chi connectivity index (χ0) is 12.3. The summed E-state index contributed by atoms with van der Waals surface area (Å²) in [5.41, 5.74) is 1.14. The molecule has 1 fully saturated rings. The molecule has 2 rings (SSSR count). The van der Waals surface area contributed by atoms with Gasteiger partial charge in [-0.2, -0.15) is 0 Å². The first-order valence-electron chi connectivity index (χ1n) is 6.20. The fraction of sp³-hybridized carbons (Fsp3) is 0.500. The van der Waals surface area contributed by atoms with Crippen LogP contribution in [0.3, 0.4) is 0 Å². The first kappa shape index (κ1) is 12.6. The summed E-state index contributed by atoms with van der Waals surface area (Å²) in [4.78, 5) is 11.8. The molecule has 1 aliphatic rings. The van der Waals surface area contributed by atoms with E-state index in [4.69, 9.17) is 0 Å². The fourth-order valence-electron chi connectivity index (χ4n) is 2.12. The van der Waals surface area contributed by atoms with Crippen molar-refractivity contribution in [3.8, 4) is 0 Å². The Morgan fingerprint density at radius 3 is 2.88 bits per heavy atom. The Bertz CT molecular complexity index is 401. The molecule has 1 atom stereocenters. The summed E-state index contributed by atoms with van der Waals surface area (Å²) in [6.45, 7) is 2.03. The van der Waals surface area contributed by atoms with Gasteiger partial charge in [0.05, 0.1) is 6.04 Å². The Balaban J connectivity index is 1.87. The van der Waals surface area contributed by atoms with Crippen molar-refractivity contribution >= 4 is 21.8 Å². The minimum atomic E-state index is 0.0834. The van der Waals surface area contributed by atoms with Gasteiger partial charge in [-0.15, -0.1) is 0 Å². The van der Waals surface area contributed by atoms with Crippen LogP contribution in [0.25, 0.3) is 0 Å². The minimum Gasteiger partial charge on any atom is -0.350 e. The number of rotatable bonds is 4. The Labute approximate surface area is 111 Å². The third-order valence-electron chi connectivity index (χ3n) is 3.42. The van der Waals surface area contributed by atoms with Crippen molar-refractivity contribution in [2.24, 2.45) is 5.92 Å². The molecule has 0 saturated heterocycles. The lowest BCUT2D eigenvalue weighted by Gasteiger charge is -2.25. The van der Waals surface area contributed by atoms with Crippen molar-refractivity contribution < 1.29 is 4.79 Å². The molecule has 1 unspecified atom stereocenters. The Kier molecular flexibility index (Phi) is 4.21. The second-order valence-corrected chi connectivity index (χ2v) is 5.76. The summed E-state index contributed by atoms with van der Waals surface area (Å²) in [7, 11) is 0. The lowest BCUT2D eigenvalue weighted by atomic mass is 9.83. The third kappa shape index (κ3) is 3.56. The highest BCUT2D eigenvalue weighted by molar-refractivity contribution is 9.10. The molecule has 1 amide bonds.